The van der Waals surface area contributed by atoms with Gasteiger partial charge >= 0.3 is 0 Å². The van der Waals surface area contributed by atoms with Crippen molar-refractivity contribution in [3.05, 3.63) is 29.8 Å². The number of hydrogen-bond donors (Lipinski definition) is 1. The molecule has 0 saturated carbocycles. The minimum absolute atomic E-state index is 0.108. The summed E-state index contributed by atoms with van der Waals surface area (Å²) in [5.41, 5.74) is 3.49. The summed E-state index contributed by atoms with van der Waals surface area (Å²) in [7, 11) is 1.60. The Morgan fingerprint density at radius 3 is 2.78 bits per heavy atom. The van der Waals surface area contributed by atoms with E-state index in [2.05, 4.69) is 5.43 Å². The molecule has 1 saturated heterocycles. The maximum Gasteiger partial charge on any atom is 0.265 e. The summed E-state index contributed by atoms with van der Waals surface area (Å²) in [4.78, 5) is 12.0. The summed E-state index contributed by atoms with van der Waals surface area (Å²) in [6, 6.07) is 7.04. The second-order valence-corrected chi connectivity index (χ2v) is 4.97. The van der Waals surface area contributed by atoms with Crippen LogP contribution in [0.5, 0.6) is 5.75 Å². The van der Waals surface area contributed by atoms with E-state index in [1.807, 2.05) is 5.01 Å². The highest BCUT2D eigenvalue weighted by atomic mass is 35.5. The largest absolute Gasteiger partial charge is 0.497 e. The number of carbonyl (C=O) groups is 1. The van der Waals surface area contributed by atoms with Crippen LogP contribution >= 0.6 is 11.6 Å². The van der Waals surface area contributed by atoms with E-state index in [0.717, 1.165) is 25.1 Å². The molecule has 0 bridgehead atoms. The molecular weight excluding hydrogens is 252 g/mol. The summed E-state index contributed by atoms with van der Waals surface area (Å²) in [5.74, 6) is 0.633. The molecule has 18 heavy (non-hydrogen) atoms. The van der Waals surface area contributed by atoms with Crippen molar-refractivity contribution in [2.45, 2.75) is 18.2 Å². The highest BCUT2D eigenvalue weighted by Gasteiger charge is 2.19. The Morgan fingerprint density at radius 1 is 1.44 bits per heavy atom. The van der Waals surface area contributed by atoms with Crippen LogP contribution in [0.3, 0.4) is 0 Å². The van der Waals surface area contributed by atoms with Crippen LogP contribution in [0.25, 0.3) is 0 Å². The number of piperidine rings is 1. The molecule has 0 spiro atoms. The molecule has 1 heterocycles. The highest BCUT2D eigenvalue weighted by molar-refractivity contribution is 6.20. The third-order valence-electron chi connectivity index (χ3n) is 2.98. The van der Waals surface area contributed by atoms with Gasteiger partial charge in [0.1, 0.15) is 5.75 Å². The third-order valence-corrected chi connectivity index (χ3v) is 3.33. The number of nitrogens with zero attached hydrogens (tertiary/aromatic N) is 1. The predicted octanol–water partition coefficient (Wildman–Crippen LogP) is 2.04. The minimum Gasteiger partial charge on any atom is -0.497 e. The first-order valence-electron chi connectivity index (χ1n) is 6.03. The average Bonchev–Trinajstić information content (AvgIpc) is 2.39. The number of halogens is 1. The number of alkyl halides is 1. The lowest BCUT2D eigenvalue weighted by atomic mass is 10.1. The first-order valence-corrected chi connectivity index (χ1v) is 6.47. The summed E-state index contributed by atoms with van der Waals surface area (Å²) >= 11 is 6.07. The molecule has 5 heteroatoms. The quantitative estimate of drug-likeness (QED) is 0.853. The van der Waals surface area contributed by atoms with Crippen LogP contribution in [-0.2, 0) is 0 Å². The summed E-state index contributed by atoms with van der Waals surface area (Å²) in [6.07, 6.45) is 2.02. The maximum absolute atomic E-state index is 12.0. The lowest BCUT2D eigenvalue weighted by molar-refractivity contribution is 0.0754. The van der Waals surface area contributed by atoms with Crippen LogP contribution < -0.4 is 10.2 Å². The molecule has 1 atom stereocenters. The van der Waals surface area contributed by atoms with Crippen LogP contribution in [0.4, 0.5) is 0 Å². The van der Waals surface area contributed by atoms with E-state index < -0.39 is 0 Å². The second kappa shape index (κ2) is 6.07. The van der Waals surface area contributed by atoms with Crippen molar-refractivity contribution in [1.82, 2.24) is 10.4 Å². The van der Waals surface area contributed by atoms with Gasteiger partial charge in [-0.3, -0.25) is 10.2 Å². The van der Waals surface area contributed by atoms with Gasteiger partial charge < -0.3 is 4.74 Å². The van der Waals surface area contributed by atoms with Crippen LogP contribution in [0, 0.1) is 0 Å². The van der Waals surface area contributed by atoms with Gasteiger partial charge in [0.15, 0.2) is 0 Å². The van der Waals surface area contributed by atoms with Crippen molar-refractivity contribution in [3.8, 4) is 5.75 Å². The van der Waals surface area contributed by atoms with Crippen molar-refractivity contribution >= 4 is 17.5 Å². The molecule has 1 fully saturated rings. The number of carbonyl (C=O) groups excluding carboxylic acids is 1. The average molecular weight is 269 g/mol. The summed E-state index contributed by atoms with van der Waals surface area (Å²) < 4.78 is 5.05. The lowest BCUT2D eigenvalue weighted by Crippen LogP contribution is -2.48. The van der Waals surface area contributed by atoms with Crippen molar-refractivity contribution in [2.75, 3.05) is 20.2 Å². The molecule has 4 nitrogen and oxygen atoms in total. The number of hydrazine groups is 1. The maximum atomic E-state index is 12.0. The fourth-order valence-electron chi connectivity index (χ4n) is 1.98. The zero-order valence-electron chi connectivity index (χ0n) is 10.4. The Balaban J connectivity index is 1.94. The van der Waals surface area contributed by atoms with Gasteiger partial charge in [0.25, 0.3) is 5.91 Å². The molecule has 1 aliphatic rings. The molecule has 0 unspecified atom stereocenters. The smallest absolute Gasteiger partial charge is 0.265 e. The molecule has 1 aromatic rings. The lowest BCUT2D eigenvalue weighted by Gasteiger charge is -2.29. The van der Waals surface area contributed by atoms with Crippen LogP contribution in [0.2, 0.25) is 0 Å². The molecule has 0 radical (unpaired) electrons. The van der Waals surface area contributed by atoms with Gasteiger partial charge in [-0.05, 0) is 37.1 Å². The SMILES string of the molecule is COc1ccc(C(=O)NN2CCC[C@@H](Cl)C2)cc1. The number of methoxy groups -OCH3 is 1. The number of hydrogen-bond acceptors (Lipinski definition) is 3. The molecular formula is C13H17ClN2O2. The van der Waals surface area contributed by atoms with Gasteiger partial charge in [-0.1, -0.05) is 0 Å². The van der Waals surface area contributed by atoms with Gasteiger partial charge in [0.05, 0.1) is 7.11 Å². The van der Waals surface area contributed by atoms with Gasteiger partial charge in [-0.25, -0.2) is 5.01 Å². The van der Waals surface area contributed by atoms with Gasteiger partial charge in [-0.2, -0.15) is 0 Å². The Kier molecular flexibility index (Phi) is 4.44. The molecule has 1 aliphatic heterocycles. The van der Waals surface area contributed by atoms with Gasteiger partial charge in [0, 0.05) is 24.0 Å². The van der Waals surface area contributed by atoms with Crippen molar-refractivity contribution in [3.63, 3.8) is 0 Å². The van der Waals surface area contributed by atoms with Crippen molar-refractivity contribution in [2.24, 2.45) is 0 Å². The Hall–Kier alpha value is -1.26. The van der Waals surface area contributed by atoms with E-state index in [9.17, 15) is 4.79 Å². The number of ether oxygens (including phenoxy) is 1. The number of benzene rings is 1. The Morgan fingerprint density at radius 2 is 2.17 bits per heavy atom. The minimum atomic E-state index is -0.108. The normalized spacial score (nSPS) is 20.4. The standard InChI is InChI=1S/C13H17ClN2O2/c1-18-12-6-4-10(5-7-12)13(17)15-16-8-2-3-11(14)9-16/h4-7,11H,2-3,8-9H2,1H3,(H,15,17)/t11-/m1/s1. The second-order valence-electron chi connectivity index (χ2n) is 4.35. The van der Waals surface area contributed by atoms with E-state index in [1.54, 1.807) is 31.4 Å². The molecule has 98 valence electrons. The van der Waals surface area contributed by atoms with Gasteiger partial charge in [-0.15, -0.1) is 11.6 Å². The zero-order chi connectivity index (χ0) is 13.0. The molecule has 1 amide bonds. The van der Waals surface area contributed by atoms with E-state index in [-0.39, 0.29) is 11.3 Å². The Labute approximate surface area is 112 Å². The van der Waals surface area contributed by atoms with E-state index in [4.69, 9.17) is 16.3 Å². The highest BCUT2D eigenvalue weighted by Crippen LogP contribution is 2.14. The number of nitrogens with one attached hydrogen (secondary N) is 1. The van der Waals surface area contributed by atoms with Crippen LogP contribution in [0.15, 0.2) is 24.3 Å². The van der Waals surface area contributed by atoms with Crippen molar-refractivity contribution in [1.29, 1.82) is 0 Å². The monoisotopic (exact) mass is 268 g/mol. The summed E-state index contributed by atoms with van der Waals surface area (Å²) in [6.45, 7) is 1.55. The summed E-state index contributed by atoms with van der Waals surface area (Å²) in [5, 5.41) is 2.00. The fraction of sp³-hybridized carbons (Fsp3) is 0.462. The molecule has 0 aliphatic carbocycles. The number of rotatable bonds is 3. The van der Waals surface area contributed by atoms with Crippen LogP contribution in [-0.4, -0.2) is 36.5 Å². The molecule has 1 N–H and O–H groups in total. The topological polar surface area (TPSA) is 41.6 Å². The van der Waals surface area contributed by atoms with Crippen LogP contribution in [0.1, 0.15) is 23.2 Å². The third kappa shape index (κ3) is 3.37. The predicted molar refractivity (Wildman–Crippen MR) is 70.9 cm³/mol. The first kappa shape index (κ1) is 13.2. The van der Waals surface area contributed by atoms with E-state index in [1.165, 1.54) is 0 Å². The number of amides is 1. The van der Waals surface area contributed by atoms with Gasteiger partial charge in [0.2, 0.25) is 0 Å². The van der Waals surface area contributed by atoms with E-state index >= 15 is 0 Å². The zero-order valence-corrected chi connectivity index (χ0v) is 11.1. The Bertz CT molecular complexity index is 408. The van der Waals surface area contributed by atoms with E-state index in [0.29, 0.717) is 12.1 Å². The molecule has 2 rings (SSSR count). The molecule has 0 aromatic heterocycles. The van der Waals surface area contributed by atoms with Crippen molar-refractivity contribution < 1.29 is 9.53 Å². The molecule has 1 aromatic carbocycles. The first-order chi connectivity index (χ1) is 8.69. The fourth-order valence-corrected chi connectivity index (χ4v) is 2.30.